The minimum absolute atomic E-state index is 0.0845. The lowest BCUT2D eigenvalue weighted by Gasteiger charge is -2.08. The van der Waals surface area contributed by atoms with Gasteiger partial charge in [-0.25, -0.2) is 9.37 Å². The zero-order chi connectivity index (χ0) is 13.7. The van der Waals surface area contributed by atoms with Crippen LogP contribution in [-0.2, 0) is 13.1 Å². The van der Waals surface area contributed by atoms with Crippen molar-refractivity contribution in [3.05, 3.63) is 53.5 Å². The van der Waals surface area contributed by atoms with Gasteiger partial charge in [-0.15, -0.1) is 0 Å². The van der Waals surface area contributed by atoms with Crippen LogP contribution in [0, 0.1) is 5.82 Å². The van der Waals surface area contributed by atoms with Crippen molar-refractivity contribution in [2.24, 2.45) is 0 Å². The second kappa shape index (κ2) is 6.15. The largest absolute Gasteiger partial charge is 0.508 e. The lowest BCUT2D eigenvalue weighted by molar-refractivity contribution is 0.397. The molecule has 1 heterocycles. The van der Waals surface area contributed by atoms with Crippen LogP contribution in [-0.4, -0.2) is 17.2 Å². The smallest absolute Gasteiger partial charge is 0.213 e. The minimum atomic E-state index is -0.361. The topological polar surface area (TPSA) is 54.4 Å². The third-order valence-corrected chi connectivity index (χ3v) is 2.69. The van der Waals surface area contributed by atoms with Gasteiger partial charge in [0.25, 0.3) is 0 Å². The molecule has 0 aliphatic carbocycles. The van der Waals surface area contributed by atoms with E-state index >= 15 is 0 Å². The Balaban J connectivity index is 1.94. The number of ether oxygens (including phenoxy) is 1. The number of methoxy groups -OCH3 is 1. The van der Waals surface area contributed by atoms with Crippen LogP contribution in [0.3, 0.4) is 0 Å². The average Bonchev–Trinajstić information content (AvgIpc) is 2.43. The Hall–Kier alpha value is -2.14. The number of phenols is 1. The van der Waals surface area contributed by atoms with Gasteiger partial charge in [-0.05, 0) is 29.8 Å². The first-order valence-corrected chi connectivity index (χ1v) is 5.86. The number of rotatable bonds is 5. The molecule has 0 atom stereocenters. The Morgan fingerprint density at radius 2 is 2.11 bits per heavy atom. The molecule has 2 aromatic rings. The number of nitrogens with one attached hydrogen (secondary N) is 1. The molecule has 19 heavy (non-hydrogen) atoms. The highest BCUT2D eigenvalue weighted by molar-refractivity contribution is 5.32. The molecule has 5 heteroatoms. The van der Waals surface area contributed by atoms with E-state index in [2.05, 4.69) is 10.3 Å². The first-order valence-electron chi connectivity index (χ1n) is 5.86. The number of aromatic nitrogens is 1. The highest BCUT2D eigenvalue weighted by Gasteiger charge is 2.03. The first-order chi connectivity index (χ1) is 9.19. The standard InChI is InChI=1S/C14H15FN2O2/c1-19-14-6-10(4-5-17-14)8-16-9-11-7-12(15)2-3-13(11)18/h2-7,16,18H,8-9H2,1H3. The molecule has 0 radical (unpaired) electrons. The van der Waals surface area contributed by atoms with Crippen LogP contribution in [0.4, 0.5) is 4.39 Å². The zero-order valence-electron chi connectivity index (χ0n) is 10.6. The fourth-order valence-corrected chi connectivity index (χ4v) is 1.71. The highest BCUT2D eigenvalue weighted by Crippen LogP contribution is 2.17. The maximum absolute atomic E-state index is 13.0. The van der Waals surface area contributed by atoms with Gasteiger partial charge in [-0.3, -0.25) is 0 Å². The number of phenolic OH excluding ortho intramolecular Hbond substituents is 1. The normalized spacial score (nSPS) is 10.4. The lowest BCUT2D eigenvalue weighted by Crippen LogP contribution is -2.13. The molecule has 0 spiro atoms. The Morgan fingerprint density at radius 3 is 2.89 bits per heavy atom. The number of benzene rings is 1. The van der Waals surface area contributed by atoms with Crippen molar-refractivity contribution in [3.8, 4) is 11.6 Å². The summed E-state index contributed by atoms with van der Waals surface area (Å²) in [5, 5.41) is 12.7. The second-order valence-corrected chi connectivity index (χ2v) is 4.08. The Labute approximate surface area is 110 Å². The molecule has 100 valence electrons. The zero-order valence-corrected chi connectivity index (χ0v) is 10.6. The molecule has 0 unspecified atom stereocenters. The van der Waals surface area contributed by atoms with E-state index in [1.807, 2.05) is 12.1 Å². The predicted octanol–water partition coefficient (Wildman–Crippen LogP) is 2.22. The first kappa shape index (κ1) is 13.3. The molecule has 0 saturated heterocycles. The van der Waals surface area contributed by atoms with E-state index in [0.717, 1.165) is 5.56 Å². The quantitative estimate of drug-likeness (QED) is 0.867. The number of aromatic hydroxyl groups is 1. The van der Waals surface area contributed by atoms with Crippen molar-refractivity contribution in [1.29, 1.82) is 0 Å². The van der Waals surface area contributed by atoms with Crippen molar-refractivity contribution < 1.29 is 14.2 Å². The molecule has 1 aromatic heterocycles. The van der Waals surface area contributed by atoms with Gasteiger partial charge in [0.05, 0.1) is 7.11 Å². The minimum Gasteiger partial charge on any atom is -0.508 e. The maximum Gasteiger partial charge on any atom is 0.213 e. The molecule has 0 aliphatic rings. The van der Waals surface area contributed by atoms with E-state index in [1.165, 1.54) is 18.2 Å². The van der Waals surface area contributed by atoms with E-state index < -0.39 is 0 Å². The van der Waals surface area contributed by atoms with Crippen LogP contribution in [0.5, 0.6) is 11.6 Å². The van der Waals surface area contributed by atoms with Gasteiger partial charge in [-0.1, -0.05) is 0 Å². The molecule has 0 saturated carbocycles. The van der Waals surface area contributed by atoms with E-state index in [1.54, 1.807) is 13.3 Å². The van der Waals surface area contributed by atoms with Gasteiger partial charge < -0.3 is 15.2 Å². The number of hydrogen-bond acceptors (Lipinski definition) is 4. The average molecular weight is 262 g/mol. The van der Waals surface area contributed by atoms with Crippen LogP contribution in [0.2, 0.25) is 0 Å². The molecule has 0 fully saturated rings. The van der Waals surface area contributed by atoms with Crippen molar-refractivity contribution in [3.63, 3.8) is 0 Å². The molecule has 0 aliphatic heterocycles. The Bertz CT molecular complexity index is 561. The van der Waals surface area contributed by atoms with Gasteiger partial charge in [0.2, 0.25) is 5.88 Å². The van der Waals surface area contributed by atoms with Crippen molar-refractivity contribution in [2.75, 3.05) is 7.11 Å². The number of pyridine rings is 1. The van der Waals surface area contributed by atoms with Crippen LogP contribution in [0.1, 0.15) is 11.1 Å². The molecule has 4 nitrogen and oxygen atoms in total. The van der Waals surface area contributed by atoms with Crippen LogP contribution in [0.25, 0.3) is 0 Å². The Kier molecular flexibility index (Phi) is 4.30. The molecular weight excluding hydrogens is 247 g/mol. The van der Waals surface area contributed by atoms with Crippen LogP contribution >= 0.6 is 0 Å². The number of nitrogens with zero attached hydrogens (tertiary/aromatic N) is 1. The molecule has 2 rings (SSSR count). The summed E-state index contributed by atoms with van der Waals surface area (Å²) in [4.78, 5) is 4.01. The number of hydrogen-bond donors (Lipinski definition) is 2. The van der Waals surface area contributed by atoms with Gasteiger partial charge in [-0.2, -0.15) is 0 Å². The van der Waals surface area contributed by atoms with Crippen LogP contribution < -0.4 is 10.1 Å². The summed E-state index contributed by atoms with van der Waals surface area (Å²) < 4.78 is 18.1. The predicted molar refractivity (Wildman–Crippen MR) is 69.4 cm³/mol. The van der Waals surface area contributed by atoms with Gasteiger partial charge in [0, 0.05) is 30.9 Å². The third kappa shape index (κ3) is 3.66. The number of halogens is 1. The summed E-state index contributed by atoms with van der Waals surface area (Å²) in [5.74, 6) is 0.272. The summed E-state index contributed by atoms with van der Waals surface area (Å²) in [6.07, 6.45) is 1.66. The maximum atomic E-state index is 13.0. The SMILES string of the molecule is COc1cc(CNCc2cc(F)ccc2O)ccn1. The van der Waals surface area contributed by atoms with E-state index in [-0.39, 0.29) is 11.6 Å². The Morgan fingerprint density at radius 1 is 1.26 bits per heavy atom. The highest BCUT2D eigenvalue weighted by atomic mass is 19.1. The molecule has 0 amide bonds. The monoisotopic (exact) mass is 262 g/mol. The summed E-state index contributed by atoms with van der Waals surface area (Å²) in [6.45, 7) is 0.961. The van der Waals surface area contributed by atoms with E-state index in [0.29, 0.717) is 24.5 Å². The third-order valence-electron chi connectivity index (χ3n) is 2.69. The second-order valence-electron chi connectivity index (χ2n) is 4.08. The van der Waals surface area contributed by atoms with Gasteiger partial charge in [0.15, 0.2) is 0 Å². The van der Waals surface area contributed by atoms with Gasteiger partial charge in [0.1, 0.15) is 11.6 Å². The molecule has 0 bridgehead atoms. The fourth-order valence-electron chi connectivity index (χ4n) is 1.71. The van der Waals surface area contributed by atoms with Crippen molar-refractivity contribution >= 4 is 0 Å². The summed E-state index contributed by atoms with van der Waals surface area (Å²) in [6, 6.07) is 7.57. The fraction of sp³-hybridized carbons (Fsp3) is 0.214. The van der Waals surface area contributed by atoms with Crippen molar-refractivity contribution in [1.82, 2.24) is 10.3 Å². The molecular formula is C14H15FN2O2. The molecule has 2 N–H and O–H groups in total. The van der Waals surface area contributed by atoms with Crippen molar-refractivity contribution in [2.45, 2.75) is 13.1 Å². The summed E-state index contributed by atoms with van der Waals surface area (Å²) in [5.41, 5.74) is 1.53. The van der Waals surface area contributed by atoms with E-state index in [9.17, 15) is 9.50 Å². The summed E-state index contributed by atoms with van der Waals surface area (Å²) >= 11 is 0. The lowest BCUT2D eigenvalue weighted by atomic mass is 10.2. The van der Waals surface area contributed by atoms with Crippen LogP contribution in [0.15, 0.2) is 36.5 Å². The summed E-state index contributed by atoms with van der Waals surface area (Å²) in [7, 11) is 1.56. The molecule has 1 aromatic carbocycles. The van der Waals surface area contributed by atoms with Gasteiger partial charge >= 0.3 is 0 Å². The van der Waals surface area contributed by atoms with E-state index in [4.69, 9.17) is 4.74 Å².